The van der Waals surface area contributed by atoms with Crippen LogP contribution >= 0.6 is 0 Å². The number of hydrogen-bond donors (Lipinski definition) is 2. The van der Waals surface area contributed by atoms with Crippen molar-refractivity contribution >= 4 is 43.2 Å². The first-order chi connectivity index (χ1) is 22.1. The molecule has 2 aliphatic rings. The van der Waals surface area contributed by atoms with Gasteiger partial charge in [-0.3, -0.25) is 9.59 Å². The van der Waals surface area contributed by atoms with E-state index in [1.165, 1.54) is 57.1 Å². The predicted molar refractivity (Wildman–Crippen MR) is 167 cm³/mol. The number of carbonyl (C=O) groups is 2. The van der Waals surface area contributed by atoms with Crippen molar-refractivity contribution in [2.24, 2.45) is 0 Å². The van der Waals surface area contributed by atoms with Crippen LogP contribution in [-0.2, 0) is 39.1 Å². The number of carbonyl (C=O) groups excluding carboxylic acids is 2. The number of hydrogen-bond acceptors (Lipinski definition) is 10. The summed E-state index contributed by atoms with van der Waals surface area (Å²) in [6, 6.07) is 18.2. The number of benzene rings is 3. The van der Waals surface area contributed by atoms with Crippen LogP contribution in [0.4, 0.5) is 11.4 Å². The van der Waals surface area contributed by atoms with E-state index in [-0.39, 0.29) is 23.0 Å². The second-order valence-corrected chi connectivity index (χ2v) is 14.1. The van der Waals surface area contributed by atoms with Gasteiger partial charge in [-0.1, -0.05) is 6.07 Å². The van der Waals surface area contributed by atoms with Crippen molar-refractivity contribution in [1.29, 1.82) is 0 Å². The number of amides is 2. The molecule has 0 bridgehead atoms. The fourth-order valence-electron chi connectivity index (χ4n) is 4.65. The molecule has 16 heteroatoms. The molecule has 0 unspecified atom stereocenters. The number of sulfonamides is 2. The lowest BCUT2D eigenvalue weighted by Crippen LogP contribution is -2.40. The zero-order chi connectivity index (χ0) is 32.6. The highest BCUT2D eigenvalue weighted by Crippen LogP contribution is 2.22. The zero-order valence-electron chi connectivity index (χ0n) is 24.8. The molecule has 0 aromatic heterocycles. The first-order valence-corrected chi connectivity index (χ1v) is 17.3. The number of morpholine rings is 2. The Morgan fingerprint density at radius 1 is 0.609 bits per heavy atom. The Kier molecular flexibility index (Phi) is 10.9. The highest BCUT2D eigenvalue weighted by atomic mass is 32.2. The predicted octanol–water partition coefficient (Wildman–Crippen LogP) is 1.76. The van der Waals surface area contributed by atoms with E-state index in [4.69, 9.17) is 18.9 Å². The molecule has 5 rings (SSSR count). The van der Waals surface area contributed by atoms with Crippen molar-refractivity contribution in [1.82, 2.24) is 8.61 Å². The largest absolute Gasteiger partial charge is 0.484 e. The van der Waals surface area contributed by atoms with Crippen LogP contribution < -0.4 is 20.1 Å². The highest BCUT2D eigenvalue weighted by molar-refractivity contribution is 7.89. The van der Waals surface area contributed by atoms with Crippen molar-refractivity contribution in [3.8, 4) is 11.5 Å². The monoisotopic (exact) mass is 674 g/mol. The smallest absolute Gasteiger partial charge is 0.262 e. The Balaban J connectivity index is 1.06. The van der Waals surface area contributed by atoms with Crippen LogP contribution in [-0.4, -0.2) is 103 Å². The topological polar surface area (TPSA) is 170 Å². The van der Waals surface area contributed by atoms with Crippen molar-refractivity contribution in [2.45, 2.75) is 9.79 Å². The second kappa shape index (κ2) is 15.0. The van der Waals surface area contributed by atoms with Gasteiger partial charge in [0, 0.05) is 37.6 Å². The molecule has 3 aromatic carbocycles. The second-order valence-electron chi connectivity index (χ2n) is 10.2. The fraction of sp³-hybridized carbons (Fsp3) is 0.333. The maximum absolute atomic E-state index is 12.8. The highest BCUT2D eigenvalue weighted by Gasteiger charge is 2.27. The normalized spacial score (nSPS) is 16.3. The molecule has 3 aromatic rings. The summed E-state index contributed by atoms with van der Waals surface area (Å²) in [6.45, 7) is 1.91. The Labute approximate surface area is 267 Å². The van der Waals surface area contributed by atoms with Crippen molar-refractivity contribution in [3.05, 3.63) is 72.8 Å². The van der Waals surface area contributed by atoms with Gasteiger partial charge in [0.1, 0.15) is 11.5 Å². The van der Waals surface area contributed by atoms with Crippen LogP contribution in [0.15, 0.2) is 82.6 Å². The number of anilines is 2. The summed E-state index contributed by atoms with van der Waals surface area (Å²) < 4.78 is 75.2. The van der Waals surface area contributed by atoms with Crippen LogP contribution in [0.2, 0.25) is 0 Å². The number of nitrogens with zero attached hydrogens (tertiary/aromatic N) is 2. The Bertz CT molecular complexity index is 1600. The van der Waals surface area contributed by atoms with Crippen LogP contribution in [0.25, 0.3) is 0 Å². The maximum atomic E-state index is 12.8. The van der Waals surface area contributed by atoms with Crippen molar-refractivity contribution in [3.63, 3.8) is 0 Å². The lowest BCUT2D eigenvalue weighted by atomic mass is 10.2. The van der Waals surface area contributed by atoms with E-state index in [0.717, 1.165) is 0 Å². The lowest BCUT2D eigenvalue weighted by molar-refractivity contribution is -0.118. The molecular weight excluding hydrogens is 640 g/mol. The minimum Gasteiger partial charge on any atom is -0.484 e. The third-order valence-corrected chi connectivity index (χ3v) is 10.9. The van der Waals surface area contributed by atoms with Gasteiger partial charge < -0.3 is 29.6 Å². The molecule has 2 aliphatic heterocycles. The van der Waals surface area contributed by atoms with Crippen LogP contribution in [0, 0.1) is 0 Å². The third kappa shape index (κ3) is 8.60. The Hall–Kier alpha value is -4.06. The molecule has 2 amide bonds. The van der Waals surface area contributed by atoms with E-state index in [0.29, 0.717) is 75.5 Å². The van der Waals surface area contributed by atoms with Gasteiger partial charge in [0.15, 0.2) is 13.2 Å². The quantitative estimate of drug-likeness (QED) is 0.289. The standard InChI is InChI=1S/C30H34N4O10S2/c35-29(21-43-25-4-8-27(9-5-25)45(37,38)33-12-16-41-17-13-33)31-23-2-1-3-24(20-23)32-30(36)22-44-26-6-10-28(11-7-26)46(39,40)34-14-18-42-19-15-34/h1-11,20H,12-19,21-22H2,(H,31,35)(H,32,36). The average molecular weight is 675 g/mol. The third-order valence-electron chi connectivity index (χ3n) is 7.03. The maximum Gasteiger partial charge on any atom is 0.262 e. The molecule has 2 saturated heterocycles. The van der Waals surface area contributed by atoms with Gasteiger partial charge in [0.25, 0.3) is 11.8 Å². The molecule has 0 saturated carbocycles. The number of nitrogens with one attached hydrogen (secondary N) is 2. The van der Waals surface area contributed by atoms with Gasteiger partial charge in [-0.2, -0.15) is 8.61 Å². The lowest BCUT2D eigenvalue weighted by Gasteiger charge is -2.26. The van der Waals surface area contributed by atoms with Crippen LogP contribution in [0.3, 0.4) is 0 Å². The molecule has 0 atom stereocenters. The molecule has 46 heavy (non-hydrogen) atoms. The van der Waals surface area contributed by atoms with E-state index in [1.54, 1.807) is 24.3 Å². The summed E-state index contributed by atoms with van der Waals surface area (Å²) in [4.78, 5) is 25.2. The van der Waals surface area contributed by atoms with E-state index >= 15 is 0 Å². The molecular formula is C30H34N4O10S2. The molecule has 246 valence electrons. The summed E-state index contributed by atoms with van der Waals surface area (Å²) in [6.07, 6.45) is 0. The number of rotatable bonds is 12. The molecule has 2 heterocycles. The Morgan fingerprint density at radius 3 is 1.35 bits per heavy atom. The minimum absolute atomic E-state index is 0.128. The minimum atomic E-state index is -3.64. The fourth-order valence-corrected chi connectivity index (χ4v) is 7.47. The summed E-state index contributed by atoms with van der Waals surface area (Å²) in [5.74, 6) is -0.275. The molecule has 2 fully saturated rings. The van der Waals surface area contributed by atoms with Gasteiger partial charge in [0.05, 0.1) is 36.2 Å². The van der Waals surface area contributed by atoms with Crippen molar-refractivity contribution < 1.29 is 45.4 Å². The van der Waals surface area contributed by atoms with Gasteiger partial charge in [-0.05, 0) is 66.7 Å². The molecule has 14 nitrogen and oxygen atoms in total. The van der Waals surface area contributed by atoms with E-state index in [9.17, 15) is 26.4 Å². The first-order valence-electron chi connectivity index (χ1n) is 14.4. The molecule has 0 aliphatic carbocycles. The van der Waals surface area contributed by atoms with Gasteiger partial charge in [-0.25, -0.2) is 16.8 Å². The summed E-state index contributed by atoms with van der Waals surface area (Å²) >= 11 is 0. The van der Waals surface area contributed by atoms with Gasteiger partial charge in [-0.15, -0.1) is 0 Å². The Morgan fingerprint density at radius 2 is 0.978 bits per heavy atom. The van der Waals surface area contributed by atoms with E-state index < -0.39 is 31.9 Å². The molecule has 0 spiro atoms. The van der Waals surface area contributed by atoms with Gasteiger partial charge in [0.2, 0.25) is 20.0 Å². The van der Waals surface area contributed by atoms with Crippen molar-refractivity contribution in [2.75, 3.05) is 76.5 Å². The first kappa shape index (κ1) is 33.3. The summed E-state index contributed by atoms with van der Waals surface area (Å²) in [5, 5.41) is 5.37. The summed E-state index contributed by atoms with van der Waals surface area (Å²) in [7, 11) is -7.27. The van der Waals surface area contributed by atoms with E-state index in [2.05, 4.69) is 10.6 Å². The van der Waals surface area contributed by atoms with Gasteiger partial charge >= 0.3 is 0 Å². The van der Waals surface area contributed by atoms with Crippen LogP contribution in [0.1, 0.15) is 0 Å². The molecule has 2 N–H and O–H groups in total. The zero-order valence-corrected chi connectivity index (χ0v) is 26.4. The SMILES string of the molecule is O=C(COc1ccc(S(=O)(=O)N2CCOCC2)cc1)Nc1cccc(NC(=O)COc2ccc(S(=O)(=O)N3CCOCC3)cc2)c1. The van der Waals surface area contributed by atoms with Crippen LogP contribution in [0.5, 0.6) is 11.5 Å². The number of ether oxygens (including phenoxy) is 4. The van der Waals surface area contributed by atoms with E-state index in [1.807, 2.05) is 0 Å². The summed E-state index contributed by atoms with van der Waals surface area (Å²) in [5.41, 5.74) is 0.827. The molecule has 0 radical (unpaired) electrons. The average Bonchev–Trinajstić information content (AvgIpc) is 3.08.